The van der Waals surface area contributed by atoms with E-state index < -0.39 is 12.0 Å². The number of benzene rings is 3. The minimum atomic E-state index is -0.614. The van der Waals surface area contributed by atoms with Gasteiger partial charge in [-0.25, -0.2) is 9.79 Å². The fourth-order valence-electron chi connectivity index (χ4n) is 4.92. The first-order valence-corrected chi connectivity index (χ1v) is 14.6. The zero-order valence-electron chi connectivity index (χ0n) is 22.7. The number of aryl methyl sites for hydroxylation is 2. The summed E-state index contributed by atoms with van der Waals surface area (Å²) in [5, 5.41) is 0. The van der Waals surface area contributed by atoms with E-state index in [0.717, 1.165) is 38.0 Å². The molecule has 0 saturated carbocycles. The molecule has 1 aromatic heterocycles. The second-order valence-electron chi connectivity index (χ2n) is 9.61. The Kier molecular flexibility index (Phi) is 8.19. The molecule has 0 spiro atoms. The molecule has 0 bridgehead atoms. The quantitative estimate of drug-likeness (QED) is 0.248. The highest BCUT2D eigenvalue weighted by Gasteiger charge is 2.33. The number of aromatic nitrogens is 1. The summed E-state index contributed by atoms with van der Waals surface area (Å²) in [6, 6.07) is 21.0. The van der Waals surface area contributed by atoms with Crippen LogP contribution in [0.5, 0.6) is 5.75 Å². The van der Waals surface area contributed by atoms with E-state index in [0.29, 0.717) is 27.2 Å². The average molecular weight is 618 g/mol. The molecule has 1 atom stereocenters. The van der Waals surface area contributed by atoms with Crippen molar-refractivity contribution in [2.45, 2.75) is 40.3 Å². The zero-order valence-corrected chi connectivity index (χ0v) is 25.1. The van der Waals surface area contributed by atoms with Crippen molar-refractivity contribution >= 4 is 39.3 Å². The summed E-state index contributed by atoms with van der Waals surface area (Å²) in [7, 11) is 0. The molecular weight excluding hydrogens is 588 g/mol. The van der Waals surface area contributed by atoms with Crippen LogP contribution in [0.2, 0.25) is 0 Å². The number of allylic oxidation sites excluding steroid dienone is 1. The van der Waals surface area contributed by atoms with E-state index in [1.807, 2.05) is 86.7 Å². The Morgan fingerprint density at radius 3 is 2.38 bits per heavy atom. The number of thiazole rings is 1. The van der Waals surface area contributed by atoms with Crippen molar-refractivity contribution in [1.82, 2.24) is 4.57 Å². The lowest BCUT2D eigenvalue weighted by molar-refractivity contribution is -0.139. The SMILES string of the molecule is CCOC(=O)C1=C(C)N=c2s/c(=C\c3cc(C)c(OCc4ccc(Br)cc4)c(C)c3)c(=O)n2[C@H]1c1ccccc1. The van der Waals surface area contributed by atoms with Gasteiger partial charge in [-0.05, 0) is 85.9 Å². The van der Waals surface area contributed by atoms with E-state index in [9.17, 15) is 9.59 Å². The van der Waals surface area contributed by atoms with E-state index in [-0.39, 0.29) is 12.2 Å². The van der Waals surface area contributed by atoms with Gasteiger partial charge in [-0.3, -0.25) is 9.36 Å². The maximum Gasteiger partial charge on any atom is 0.338 e. The monoisotopic (exact) mass is 616 g/mol. The van der Waals surface area contributed by atoms with Crippen molar-refractivity contribution in [2.24, 2.45) is 4.99 Å². The third-order valence-electron chi connectivity index (χ3n) is 6.71. The van der Waals surface area contributed by atoms with Gasteiger partial charge >= 0.3 is 5.97 Å². The highest BCUT2D eigenvalue weighted by Crippen LogP contribution is 2.31. The fourth-order valence-corrected chi connectivity index (χ4v) is 6.24. The average Bonchev–Trinajstić information content (AvgIpc) is 3.23. The van der Waals surface area contributed by atoms with Gasteiger partial charge in [-0.15, -0.1) is 0 Å². The Labute approximate surface area is 245 Å². The smallest absolute Gasteiger partial charge is 0.338 e. The summed E-state index contributed by atoms with van der Waals surface area (Å²) in [5.41, 5.74) is 5.51. The molecule has 0 radical (unpaired) electrons. The Morgan fingerprint density at radius 2 is 1.73 bits per heavy atom. The van der Waals surface area contributed by atoms with E-state index >= 15 is 0 Å². The van der Waals surface area contributed by atoms with Gasteiger partial charge < -0.3 is 9.47 Å². The van der Waals surface area contributed by atoms with Gasteiger partial charge in [-0.1, -0.05) is 69.7 Å². The molecule has 0 aliphatic carbocycles. The first-order chi connectivity index (χ1) is 19.3. The summed E-state index contributed by atoms with van der Waals surface area (Å²) >= 11 is 4.78. The Morgan fingerprint density at radius 1 is 1.05 bits per heavy atom. The Bertz CT molecular complexity index is 1760. The molecule has 0 unspecified atom stereocenters. The van der Waals surface area contributed by atoms with Crippen LogP contribution in [0.25, 0.3) is 6.08 Å². The predicted molar refractivity (Wildman–Crippen MR) is 161 cm³/mol. The number of nitrogens with zero attached hydrogens (tertiary/aromatic N) is 2. The van der Waals surface area contributed by atoms with Crippen LogP contribution in [-0.2, 0) is 16.1 Å². The number of rotatable bonds is 7. The predicted octanol–water partition coefficient (Wildman–Crippen LogP) is 5.76. The number of halogens is 1. The van der Waals surface area contributed by atoms with E-state index in [1.165, 1.54) is 11.3 Å². The molecule has 0 saturated heterocycles. The van der Waals surface area contributed by atoms with Gasteiger partial charge in [0.25, 0.3) is 5.56 Å². The van der Waals surface area contributed by atoms with Crippen molar-refractivity contribution in [1.29, 1.82) is 0 Å². The van der Waals surface area contributed by atoms with Crippen LogP contribution in [0.3, 0.4) is 0 Å². The molecule has 3 aromatic carbocycles. The minimum Gasteiger partial charge on any atom is -0.488 e. The largest absolute Gasteiger partial charge is 0.488 e. The zero-order chi connectivity index (χ0) is 28.4. The molecule has 5 rings (SSSR count). The highest BCUT2D eigenvalue weighted by molar-refractivity contribution is 9.10. The molecule has 0 amide bonds. The number of hydrogen-bond acceptors (Lipinski definition) is 6. The lowest BCUT2D eigenvalue weighted by Crippen LogP contribution is -2.39. The summed E-state index contributed by atoms with van der Waals surface area (Å²) in [6.07, 6.45) is 1.88. The molecule has 4 aromatic rings. The van der Waals surface area contributed by atoms with Gasteiger partial charge in [0.2, 0.25) is 0 Å². The lowest BCUT2D eigenvalue weighted by Gasteiger charge is -2.24. The van der Waals surface area contributed by atoms with Crippen LogP contribution in [0, 0.1) is 13.8 Å². The lowest BCUT2D eigenvalue weighted by atomic mass is 9.96. The van der Waals surface area contributed by atoms with Gasteiger partial charge in [0.1, 0.15) is 12.4 Å². The maximum atomic E-state index is 13.8. The van der Waals surface area contributed by atoms with Gasteiger partial charge in [-0.2, -0.15) is 0 Å². The number of fused-ring (bicyclic) bond motifs is 1. The van der Waals surface area contributed by atoms with Gasteiger partial charge in [0.05, 0.1) is 28.5 Å². The van der Waals surface area contributed by atoms with Crippen LogP contribution in [0.15, 0.2) is 92.3 Å². The first-order valence-electron chi connectivity index (χ1n) is 13.0. The van der Waals surface area contributed by atoms with Gasteiger partial charge in [0.15, 0.2) is 4.80 Å². The van der Waals surface area contributed by atoms with Crippen LogP contribution in [0.4, 0.5) is 0 Å². The molecule has 0 fully saturated rings. The number of ether oxygens (including phenoxy) is 2. The van der Waals surface area contributed by atoms with Crippen LogP contribution in [0.1, 0.15) is 47.7 Å². The van der Waals surface area contributed by atoms with E-state index in [1.54, 1.807) is 18.4 Å². The van der Waals surface area contributed by atoms with Crippen molar-refractivity contribution in [3.05, 3.63) is 130 Å². The number of esters is 1. The van der Waals surface area contributed by atoms with Crippen molar-refractivity contribution < 1.29 is 14.3 Å². The Balaban J connectivity index is 1.54. The molecular formula is C32H29BrN2O4S. The first kappa shape index (κ1) is 27.8. The third-order valence-corrected chi connectivity index (χ3v) is 8.22. The molecule has 6 nitrogen and oxygen atoms in total. The van der Waals surface area contributed by atoms with Crippen molar-refractivity contribution in [3.63, 3.8) is 0 Å². The van der Waals surface area contributed by atoms with Crippen molar-refractivity contribution in [3.8, 4) is 5.75 Å². The van der Waals surface area contributed by atoms with Gasteiger partial charge in [0, 0.05) is 4.47 Å². The summed E-state index contributed by atoms with van der Waals surface area (Å²) in [4.78, 5) is 32.0. The minimum absolute atomic E-state index is 0.197. The Hall–Kier alpha value is -3.75. The molecule has 2 heterocycles. The van der Waals surface area contributed by atoms with Crippen LogP contribution >= 0.6 is 27.3 Å². The second-order valence-corrected chi connectivity index (χ2v) is 11.5. The second kappa shape index (κ2) is 11.8. The normalized spacial score (nSPS) is 15.0. The van der Waals surface area contributed by atoms with E-state index in [2.05, 4.69) is 20.9 Å². The molecule has 8 heteroatoms. The number of carbonyl (C=O) groups is 1. The fraction of sp³-hybridized carbons (Fsp3) is 0.219. The van der Waals surface area contributed by atoms with Crippen LogP contribution in [-0.4, -0.2) is 17.1 Å². The summed E-state index contributed by atoms with van der Waals surface area (Å²) < 4.78 is 14.7. The third kappa shape index (κ3) is 5.60. The molecule has 1 aliphatic heterocycles. The highest BCUT2D eigenvalue weighted by atomic mass is 79.9. The van der Waals surface area contributed by atoms with Crippen LogP contribution < -0.4 is 19.6 Å². The maximum absolute atomic E-state index is 13.8. The molecule has 40 heavy (non-hydrogen) atoms. The summed E-state index contributed by atoms with van der Waals surface area (Å²) in [5.74, 6) is 0.372. The molecule has 0 N–H and O–H groups in total. The topological polar surface area (TPSA) is 69.9 Å². The number of carbonyl (C=O) groups excluding carboxylic acids is 1. The van der Waals surface area contributed by atoms with E-state index in [4.69, 9.17) is 9.47 Å². The standard InChI is InChI=1S/C32H29BrN2O4S/c1-5-38-31(37)27-21(4)34-32-35(28(27)24-9-7-6-8-10-24)30(36)26(40-32)17-23-15-19(2)29(20(3)16-23)39-18-22-11-13-25(33)14-12-22/h6-17,28H,5,18H2,1-4H3/b26-17-/t28-/m0/s1. The summed E-state index contributed by atoms with van der Waals surface area (Å²) in [6.45, 7) is 8.28. The number of hydrogen-bond donors (Lipinski definition) is 0. The molecule has 1 aliphatic rings. The molecule has 204 valence electrons. The van der Waals surface area contributed by atoms with Crippen molar-refractivity contribution in [2.75, 3.05) is 6.61 Å².